The molecule has 0 bridgehead atoms. The van der Waals surface area contributed by atoms with Crippen LogP contribution in [-0.4, -0.2) is 23.2 Å². The maximum Gasteiger partial charge on any atom is 0.204 e. The Labute approximate surface area is 192 Å². The van der Waals surface area contributed by atoms with Gasteiger partial charge in [0.1, 0.15) is 0 Å². The van der Waals surface area contributed by atoms with Gasteiger partial charge in [-0.2, -0.15) is 0 Å². The molecule has 0 spiro atoms. The van der Waals surface area contributed by atoms with Crippen molar-refractivity contribution in [1.29, 1.82) is 0 Å². The molecule has 1 aromatic carbocycles. The van der Waals surface area contributed by atoms with E-state index in [2.05, 4.69) is 63.7 Å². The zero-order valence-electron chi connectivity index (χ0n) is 19.1. The van der Waals surface area contributed by atoms with E-state index in [1.54, 1.807) is 0 Å². The molecule has 0 aliphatic carbocycles. The van der Waals surface area contributed by atoms with Gasteiger partial charge in [0, 0.05) is 6.61 Å². The molecule has 168 valence electrons. The van der Waals surface area contributed by atoms with E-state index in [0.717, 1.165) is 42.7 Å². The van der Waals surface area contributed by atoms with E-state index in [9.17, 15) is 0 Å². The number of hydrogen-bond donors (Lipinski definition) is 0. The first-order valence-corrected chi connectivity index (χ1v) is 16.1. The van der Waals surface area contributed by atoms with Gasteiger partial charge in [-0.3, -0.25) is 0 Å². The molecule has 1 aromatic rings. The van der Waals surface area contributed by atoms with Crippen LogP contribution in [0.25, 0.3) is 0 Å². The lowest BCUT2D eigenvalue weighted by Crippen LogP contribution is -2.39. The van der Waals surface area contributed by atoms with Crippen molar-refractivity contribution in [2.45, 2.75) is 48.8 Å². The van der Waals surface area contributed by atoms with E-state index in [1.807, 2.05) is 42.5 Å². The van der Waals surface area contributed by atoms with Crippen molar-refractivity contribution >= 4 is 16.6 Å². The molecule has 0 saturated heterocycles. The predicted molar refractivity (Wildman–Crippen MR) is 142 cm³/mol. The summed E-state index contributed by atoms with van der Waals surface area (Å²) in [6, 6.07) is 15.7. The summed E-state index contributed by atoms with van der Waals surface area (Å²) in [5.41, 5.74) is 1.18. The van der Waals surface area contributed by atoms with Crippen LogP contribution >= 0.6 is 0 Å². The van der Waals surface area contributed by atoms with Crippen LogP contribution < -0.4 is 0 Å². The maximum atomic E-state index is 6.94. The molecule has 1 unspecified atom stereocenters. The fraction of sp³-hybridized carbons (Fsp3) is 0.333. The lowest BCUT2D eigenvalue weighted by molar-refractivity contribution is 0.150. The highest BCUT2D eigenvalue weighted by atomic mass is 28.4. The van der Waals surface area contributed by atoms with Gasteiger partial charge >= 0.3 is 0 Å². The van der Waals surface area contributed by atoms with Crippen molar-refractivity contribution in [2.75, 3.05) is 6.61 Å². The lowest BCUT2D eigenvalue weighted by Gasteiger charge is -2.35. The van der Waals surface area contributed by atoms with E-state index < -0.39 is 16.6 Å². The van der Waals surface area contributed by atoms with Gasteiger partial charge in [-0.25, -0.2) is 0 Å². The summed E-state index contributed by atoms with van der Waals surface area (Å²) < 4.78 is 13.5. The van der Waals surface area contributed by atoms with Gasteiger partial charge in [0.05, 0.1) is 6.10 Å². The Kier molecular flexibility index (Phi) is 13.0. The first-order valence-electron chi connectivity index (χ1n) is 11.1. The van der Waals surface area contributed by atoms with Crippen LogP contribution in [-0.2, 0) is 8.85 Å². The fourth-order valence-corrected chi connectivity index (χ4v) is 10.3. The first kappa shape index (κ1) is 27.0. The van der Waals surface area contributed by atoms with E-state index >= 15 is 0 Å². The van der Waals surface area contributed by atoms with Crippen molar-refractivity contribution < 1.29 is 8.85 Å². The quantitative estimate of drug-likeness (QED) is 0.156. The zero-order valence-corrected chi connectivity index (χ0v) is 21.1. The Morgan fingerprint density at radius 2 is 1.06 bits per heavy atom. The third-order valence-corrected chi connectivity index (χ3v) is 13.2. The predicted octanol–water partition coefficient (Wildman–Crippen LogP) is 8.16. The summed E-state index contributed by atoms with van der Waals surface area (Å²) >= 11 is 0. The zero-order chi connectivity index (χ0) is 23.0. The van der Waals surface area contributed by atoms with Gasteiger partial charge in [0.2, 0.25) is 16.6 Å². The van der Waals surface area contributed by atoms with Gasteiger partial charge < -0.3 is 8.85 Å². The van der Waals surface area contributed by atoms with E-state index in [0.29, 0.717) is 6.61 Å². The van der Waals surface area contributed by atoms with Crippen LogP contribution in [0.5, 0.6) is 0 Å². The second-order valence-electron chi connectivity index (χ2n) is 7.98. The molecule has 0 aromatic heterocycles. The number of benzene rings is 1. The van der Waals surface area contributed by atoms with E-state index in [4.69, 9.17) is 8.85 Å². The van der Waals surface area contributed by atoms with Crippen LogP contribution in [0.15, 0.2) is 106 Å². The van der Waals surface area contributed by atoms with Crippen molar-refractivity contribution in [2.24, 2.45) is 0 Å². The molecule has 0 fully saturated rings. The van der Waals surface area contributed by atoms with E-state index in [1.165, 1.54) is 5.56 Å². The SMILES string of the molecule is C=CC[Si](CC=C)(CC=C)OCCC(O[Si](CC=C)(CC=C)CC=C)c1ccccc1. The van der Waals surface area contributed by atoms with Crippen LogP contribution in [0.3, 0.4) is 0 Å². The van der Waals surface area contributed by atoms with Gasteiger partial charge in [-0.15, -0.1) is 39.5 Å². The molecular formula is C27H40O2Si2. The second-order valence-corrected chi connectivity index (χ2v) is 15.7. The molecule has 1 rings (SSSR count). The highest BCUT2D eigenvalue weighted by Gasteiger charge is 2.35. The fourth-order valence-electron chi connectivity index (χ4n) is 4.04. The maximum absolute atomic E-state index is 6.94. The highest BCUT2D eigenvalue weighted by molar-refractivity contribution is 6.75. The average Bonchev–Trinajstić information content (AvgIpc) is 2.75. The number of allylic oxidation sites excluding steroid dienone is 6. The normalized spacial score (nSPS) is 12.5. The van der Waals surface area contributed by atoms with Crippen molar-refractivity contribution in [3.63, 3.8) is 0 Å². The molecule has 2 nitrogen and oxygen atoms in total. The topological polar surface area (TPSA) is 18.5 Å². The molecule has 0 radical (unpaired) electrons. The first-order chi connectivity index (χ1) is 15.0. The smallest absolute Gasteiger partial charge is 0.204 e. The van der Waals surface area contributed by atoms with Crippen LogP contribution in [0, 0.1) is 0 Å². The van der Waals surface area contributed by atoms with E-state index in [-0.39, 0.29) is 6.10 Å². The molecular weight excluding hydrogens is 412 g/mol. The summed E-state index contributed by atoms with van der Waals surface area (Å²) in [6.45, 7) is 24.4. The Balaban J connectivity index is 3.10. The Bertz CT molecular complexity index is 658. The highest BCUT2D eigenvalue weighted by Crippen LogP contribution is 2.34. The van der Waals surface area contributed by atoms with Gasteiger partial charge in [0.25, 0.3) is 0 Å². The Hall–Kier alpha value is -1.99. The minimum absolute atomic E-state index is 0.0318. The monoisotopic (exact) mass is 452 g/mol. The van der Waals surface area contributed by atoms with Gasteiger partial charge in [-0.1, -0.05) is 66.8 Å². The summed E-state index contributed by atoms with van der Waals surface area (Å²) in [5, 5.41) is 0. The minimum Gasteiger partial charge on any atom is -0.416 e. The van der Waals surface area contributed by atoms with Crippen LogP contribution in [0.1, 0.15) is 18.1 Å². The molecule has 0 amide bonds. The summed E-state index contributed by atoms with van der Waals surface area (Å²) in [5.74, 6) is 0. The van der Waals surface area contributed by atoms with Crippen molar-refractivity contribution in [3.05, 3.63) is 112 Å². The molecule has 0 aliphatic heterocycles. The summed E-state index contributed by atoms with van der Waals surface area (Å²) in [6.07, 6.45) is 12.6. The van der Waals surface area contributed by atoms with Gasteiger partial charge in [0.15, 0.2) is 0 Å². The third kappa shape index (κ3) is 8.95. The van der Waals surface area contributed by atoms with Crippen LogP contribution in [0.4, 0.5) is 0 Å². The van der Waals surface area contributed by atoms with Gasteiger partial charge in [-0.05, 0) is 48.2 Å². The second kappa shape index (κ2) is 14.9. The lowest BCUT2D eigenvalue weighted by atomic mass is 10.1. The molecule has 0 aliphatic rings. The minimum atomic E-state index is -2.13. The Morgan fingerprint density at radius 1 is 0.645 bits per heavy atom. The van der Waals surface area contributed by atoms with Crippen LogP contribution in [0.2, 0.25) is 36.3 Å². The molecule has 1 atom stereocenters. The number of rotatable bonds is 19. The third-order valence-electron chi connectivity index (χ3n) is 5.45. The largest absolute Gasteiger partial charge is 0.416 e. The molecule has 0 saturated carbocycles. The summed E-state index contributed by atoms with van der Waals surface area (Å²) in [4.78, 5) is 0. The van der Waals surface area contributed by atoms with Crippen molar-refractivity contribution in [3.8, 4) is 0 Å². The van der Waals surface area contributed by atoms with Crippen molar-refractivity contribution in [1.82, 2.24) is 0 Å². The number of hydrogen-bond acceptors (Lipinski definition) is 2. The molecule has 31 heavy (non-hydrogen) atoms. The average molecular weight is 453 g/mol. The summed E-state index contributed by atoms with van der Waals surface area (Å²) in [7, 11) is -4.14. The molecule has 4 heteroatoms. The standard InChI is InChI=1S/C27H40O2Si2/c1-7-20-30(21-8-2,22-9-3)28-19-18-27(26-16-14-13-15-17-26)29-31(23-10-4,24-11-5)25-12-6/h7-17,27H,1-6,18-25H2. The molecule has 0 N–H and O–H groups in total. The molecule has 0 heterocycles. The Morgan fingerprint density at radius 3 is 1.48 bits per heavy atom.